The zero-order valence-electron chi connectivity index (χ0n) is 10.7. The van der Waals surface area contributed by atoms with E-state index in [2.05, 4.69) is 5.10 Å². The Hall–Kier alpha value is -1.32. The summed E-state index contributed by atoms with van der Waals surface area (Å²) >= 11 is 0. The van der Waals surface area contributed by atoms with Crippen molar-refractivity contribution in [1.29, 1.82) is 0 Å². The summed E-state index contributed by atoms with van der Waals surface area (Å²) in [5, 5.41) is 4.04. The maximum atomic E-state index is 12.1. The van der Waals surface area contributed by atoms with Gasteiger partial charge in [-0.05, 0) is 18.8 Å². The Morgan fingerprint density at radius 1 is 1.47 bits per heavy atom. The van der Waals surface area contributed by atoms with Gasteiger partial charge < -0.3 is 4.90 Å². The highest BCUT2D eigenvalue weighted by Crippen LogP contribution is 2.24. The molecule has 1 aliphatic rings. The molecule has 0 saturated heterocycles. The van der Waals surface area contributed by atoms with Gasteiger partial charge >= 0.3 is 0 Å². The minimum atomic E-state index is 0.0867. The molecule has 94 valence electrons. The largest absolute Gasteiger partial charge is 0.341 e. The van der Waals surface area contributed by atoms with Crippen LogP contribution in [0.1, 0.15) is 42.5 Å². The van der Waals surface area contributed by atoms with Crippen molar-refractivity contribution in [1.82, 2.24) is 14.7 Å². The number of carbonyl (C=O) groups excluding carboxylic acids is 1. The number of hydrogen-bond acceptors (Lipinski definition) is 2. The standard InChI is InChI=1S/C13H21N3O/c1-15(9-11-6-4-3-5-7-11)13(17)12-8-14-16(2)10-12/h8,10-11H,3-7,9H2,1-2H3. The summed E-state index contributed by atoms with van der Waals surface area (Å²) < 4.78 is 1.67. The van der Waals surface area contributed by atoms with Crippen LogP contribution in [-0.2, 0) is 7.05 Å². The van der Waals surface area contributed by atoms with E-state index in [0.29, 0.717) is 11.5 Å². The monoisotopic (exact) mass is 235 g/mol. The van der Waals surface area contributed by atoms with Crippen molar-refractivity contribution in [3.63, 3.8) is 0 Å². The Kier molecular flexibility index (Phi) is 3.82. The molecular formula is C13H21N3O. The van der Waals surface area contributed by atoms with E-state index in [9.17, 15) is 4.79 Å². The molecule has 1 fully saturated rings. The van der Waals surface area contributed by atoms with E-state index in [-0.39, 0.29) is 5.91 Å². The molecule has 0 bridgehead atoms. The highest BCUT2D eigenvalue weighted by molar-refractivity contribution is 5.93. The highest BCUT2D eigenvalue weighted by Gasteiger charge is 2.19. The normalized spacial score (nSPS) is 17.1. The van der Waals surface area contributed by atoms with Gasteiger partial charge in [-0.1, -0.05) is 19.3 Å². The van der Waals surface area contributed by atoms with Crippen molar-refractivity contribution < 1.29 is 4.79 Å². The first-order valence-corrected chi connectivity index (χ1v) is 6.41. The lowest BCUT2D eigenvalue weighted by molar-refractivity contribution is 0.0760. The topological polar surface area (TPSA) is 38.1 Å². The summed E-state index contributed by atoms with van der Waals surface area (Å²) in [6.07, 6.45) is 9.95. The van der Waals surface area contributed by atoms with Gasteiger partial charge in [0.2, 0.25) is 0 Å². The summed E-state index contributed by atoms with van der Waals surface area (Å²) in [6, 6.07) is 0. The van der Waals surface area contributed by atoms with Gasteiger partial charge in [0, 0.05) is 26.8 Å². The molecule has 1 heterocycles. The van der Waals surface area contributed by atoms with Gasteiger partial charge in [-0.15, -0.1) is 0 Å². The van der Waals surface area contributed by atoms with E-state index >= 15 is 0 Å². The van der Waals surface area contributed by atoms with E-state index in [1.165, 1.54) is 32.1 Å². The van der Waals surface area contributed by atoms with Gasteiger partial charge in [0.15, 0.2) is 0 Å². The molecule has 0 aromatic carbocycles. The van der Waals surface area contributed by atoms with E-state index in [4.69, 9.17) is 0 Å². The summed E-state index contributed by atoms with van der Waals surface area (Å²) in [5.41, 5.74) is 0.686. The minimum absolute atomic E-state index is 0.0867. The van der Waals surface area contributed by atoms with Gasteiger partial charge in [-0.3, -0.25) is 9.48 Å². The van der Waals surface area contributed by atoms with Crippen molar-refractivity contribution in [3.05, 3.63) is 18.0 Å². The molecule has 0 radical (unpaired) electrons. The summed E-state index contributed by atoms with van der Waals surface area (Å²) in [4.78, 5) is 13.9. The van der Waals surface area contributed by atoms with Crippen LogP contribution < -0.4 is 0 Å². The third-order valence-electron chi connectivity index (χ3n) is 3.56. The molecule has 0 aliphatic heterocycles. The SMILES string of the molecule is CN(CC1CCCCC1)C(=O)c1cnn(C)c1. The Balaban J connectivity index is 1.90. The van der Waals surface area contributed by atoms with Gasteiger partial charge in [0.05, 0.1) is 11.8 Å². The smallest absolute Gasteiger partial charge is 0.256 e. The van der Waals surface area contributed by atoms with Crippen molar-refractivity contribution in [3.8, 4) is 0 Å². The molecule has 0 unspecified atom stereocenters. The number of nitrogens with zero attached hydrogens (tertiary/aromatic N) is 3. The summed E-state index contributed by atoms with van der Waals surface area (Å²) in [7, 11) is 3.72. The molecular weight excluding hydrogens is 214 g/mol. The zero-order chi connectivity index (χ0) is 12.3. The fraction of sp³-hybridized carbons (Fsp3) is 0.692. The maximum Gasteiger partial charge on any atom is 0.256 e. The van der Waals surface area contributed by atoms with Crippen LogP contribution in [0.2, 0.25) is 0 Å². The molecule has 4 heteroatoms. The number of amides is 1. The molecule has 4 nitrogen and oxygen atoms in total. The lowest BCUT2D eigenvalue weighted by atomic mass is 9.89. The van der Waals surface area contributed by atoms with Gasteiger partial charge in [-0.2, -0.15) is 5.10 Å². The zero-order valence-corrected chi connectivity index (χ0v) is 10.7. The number of carbonyl (C=O) groups is 1. The molecule has 2 rings (SSSR count). The van der Waals surface area contributed by atoms with Crippen LogP contribution in [0, 0.1) is 5.92 Å². The molecule has 17 heavy (non-hydrogen) atoms. The molecule has 1 saturated carbocycles. The van der Waals surface area contributed by atoms with Gasteiger partial charge in [0.25, 0.3) is 5.91 Å². The first kappa shape index (κ1) is 12.1. The molecule has 1 aromatic heterocycles. The Labute approximate surface area is 103 Å². The lowest BCUT2D eigenvalue weighted by Crippen LogP contribution is -2.32. The van der Waals surface area contributed by atoms with Crippen molar-refractivity contribution in [2.75, 3.05) is 13.6 Å². The van der Waals surface area contributed by atoms with Crippen molar-refractivity contribution in [2.24, 2.45) is 13.0 Å². The Morgan fingerprint density at radius 3 is 2.76 bits per heavy atom. The van der Waals surface area contributed by atoms with Crippen LogP contribution in [0.25, 0.3) is 0 Å². The predicted octanol–water partition coefficient (Wildman–Crippen LogP) is 2.07. The van der Waals surface area contributed by atoms with E-state index in [1.54, 1.807) is 17.1 Å². The molecule has 0 N–H and O–H groups in total. The van der Waals surface area contributed by atoms with Crippen LogP contribution in [0.15, 0.2) is 12.4 Å². The summed E-state index contributed by atoms with van der Waals surface area (Å²) in [5.74, 6) is 0.776. The number of aromatic nitrogens is 2. The van der Waals surface area contributed by atoms with Crippen LogP contribution in [-0.4, -0.2) is 34.2 Å². The number of hydrogen-bond donors (Lipinski definition) is 0. The average molecular weight is 235 g/mol. The third-order valence-corrected chi connectivity index (χ3v) is 3.56. The van der Waals surface area contributed by atoms with E-state index in [0.717, 1.165) is 6.54 Å². The van der Waals surface area contributed by atoms with E-state index < -0.39 is 0 Å². The minimum Gasteiger partial charge on any atom is -0.341 e. The van der Waals surface area contributed by atoms with Crippen molar-refractivity contribution >= 4 is 5.91 Å². The number of rotatable bonds is 3. The van der Waals surface area contributed by atoms with Crippen LogP contribution >= 0.6 is 0 Å². The fourth-order valence-corrected chi connectivity index (χ4v) is 2.59. The predicted molar refractivity (Wildman–Crippen MR) is 66.7 cm³/mol. The molecule has 0 atom stereocenters. The van der Waals surface area contributed by atoms with Gasteiger partial charge in [-0.25, -0.2) is 0 Å². The Morgan fingerprint density at radius 2 is 2.18 bits per heavy atom. The number of aryl methyl sites for hydroxylation is 1. The van der Waals surface area contributed by atoms with Crippen molar-refractivity contribution in [2.45, 2.75) is 32.1 Å². The lowest BCUT2D eigenvalue weighted by Gasteiger charge is -2.26. The molecule has 1 aromatic rings. The first-order valence-electron chi connectivity index (χ1n) is 6.41. The molecule has 0 spiro atoms. The van der Waals surface area contributed by atoms with E-state index in [1.807, 2.05) is 19.0 Å². The van der Waals surface area contributed by atoms with Crippen LogP contribution in [0.3, 0.4) is 0 Å². The first-order chi connectivity index (χ1) is 8.16. The second-order valence-electron chi connectivity index (χ2n) is 5.09. The second-order valence-corrected chi connectivity index (χ2v) is 5.09. The highest BCUT2D eigenvalue weighted by atomic mass is 16.2. The molecule has 1 amide bonds. The maximum absolute atomic E-state index is 12.1. The van der Waals surface area contributed by atoms with Gasteiger partial charge in [0.1, 0.15) is 0 Å². The van der Waals surface area contributed by atoms with Crippen LogP contribution in [0.4, 0.5) is 0 Å². The Bertz CT molecular complexity index is 380. The third kappa shape index (κ3) is 3.08. The summed E-state index contributed by atoms with van der Waals surface area (Å²) in [6.45, 7) is 0.883. The van der Waals surface area contributed by atoms with Crippen LogP contribution in [0.5, 0.6) is 0 Å². The average Bonchev–Trinajstić information content (AvgIpc) is 2.76. The second kappa shape index (κ2) is 5.34. The fourth-order valence-electron chi connectivity index (χ4n) is 2.59. The quantitative estimate of drug-likeness (QED) is 0.804. The molecule has 1 aliphatic carbocycles.